The SMILES string of the molecule is CC1CCC(CNc2ncc(Cl)s2)C1. The summed E-state index contributed by atoms with van der Waals surface area (Å²) in [7, 11) is 0. The molecule has 2 unspecified atom stereocenters. The van der Waals surface area contributed by atoms with Crippen LogP contribution in [0, 0.1) is 11.8 Å². The fraction of sp³-hybridized carbons (Fsp3) is 0.700. The van der Waals surface area contributed by atoms with E-state index in [2.05, 4.69) is 17.2 Å². The number of rotatable bonds is 3. The second-order valence-electron chi connectivity index (χ2n) is 4.13. The second kappa shape index (κ2) is 4.49. The van der Waals surface area contributed by atoms with E-state index in [4.69, 9.17) is 11.6 Å². The molecule has 2 nitrogen and oxygen atoms in total. The molecular formula is C10H15ClN2S. The molecule has 0 bridgehead atoms. The average molecular weight is 231 g/mol. The molecule has 78 valence electrons. The summed E-state index contributed by atoms with van der Waals surface area (Å²) in [6.07, 6.45) is 5.79. The molecule has 1 aromatic rings. The van der Waals surface area contributed by atoms with Crippen LogP contribution in [0.3, 0.4) is 0 Å². The molecule has 1 N–H and O–H groups in total. The van der Waals surface area contributed by atoms with E-state index in [1.165, 1.54) is 30.6 Å². The Balaban J connectivity index is 1.77. The van der Waals surface area contributed by atoms with E-state index in [1.54, 1.807) is 6.20 Å². The Morgan fingerprint density at radius 2 is 2.50 bits per heavy atom. The molecule has 1 aromatic heterocycles. The van der Waals surface area contributed by atoms with Crippen molar-refractivity contribution in [1.82, 2.24) is 4.98 Å². The zero-order chi connectivity index (χ0) is 9.97. The van der Waals surface area contributed by atoms with Crippen LogP contribution < -0.4 is 5.32 Å². The van der Waals surface area contributed by atoms with Crippen molar-refractivity contribution < 1.29 is 0 Å². The van der Waals surface area contributed by atoms with Crippen LogP contribution in [0.15, 0.2) is 6.20 Å². The number of aromatic nitrogens is 1. The molecule has 2 atom stereocenters. The van der Waals surface area contributed by atoms with Gasteiger partial charge in [-0.3, -0.25) is 0 Å². The van der Waals surface area contributed by atoms with E-state index in [0.717, 1.165) is 27.8 Å². The van der Waals surface area contributed by atoms with Crippen molar-refractivity contribution >= 4 is 28.1 Å². The van der Waals surface area contributed by atoms with Crippen LogP contribution in [0.25, 0.3) is 0 Å². The zero-order valence-electron chi connectivity index (χ0n) is 8.29. The third-order valence-corrected chi connectivity index (χ3v) is 3.90. The summed E-state index contributed by atoms with van der Waals surface area (Å²) >= 11 is 7.31. The van der Waals surface area contributed by atoms with Crippen molar-refractivity contribution in [3.63, 3.8) is 0 Å². The molecule has 1 aliphatic carbocycles. The molecule has 1 heterocycles. The van der Waals surface area contributed by atoms with Gasteiger partial charge in [-0.05, 0) is 24.7 Å². The Bertz CT molecular complexity index is 300. The van der Waals surface area contributed by atoms with Gasteiger partial charge in [0, 0.05) is 6.54 Å². The molecule has 4 heteroatoms. The maximum absolute atomic E-state index is 5.80. The van der Waals surface area contributed by atoms with Crippen molar-refractivity contribution in [2.75, 3.05) is 11.9 Å². The van der Waals surface area contributed by atoms with Crippen molar-refractivity contribution in [3.05, 3.63) is 10.5 Å². The predicted octanol–water partition coefficient (Wildman–Crippen LogP) is 3.64. The summed E-state index contributed by atoms with van der Waals surface area (Å²) < 4.78 is 0.757. The van der Waals surface area contributed by atoms with E-state index < -0.39 is 0 Å². The number of hydrogen-bond acceptors (Lipinski definition) is 3. The van der Waals surface area contributed by atoms with E-state index in [9.17, 15) is 0 Å². The minimum absolute atomic E-state index is 0.757. The van der Waals surface area contributed by atoms with Crippen LogP contribution >= 0.6 is 22.9 Å². The summed E-state index contributed by atoms with van der Waals surface area (Å²) in [5, 5.41) is 4.30. The van der Waals surface area contributed by atoms with Gasteiger partial charge in [-0.25, -0.2) is 4.98 Å². The maximum atomic E-state index is 5.80. The molecule has 0 amide bonds. The Morgan fingerprint density at radius 3 is 3.07 bits per heavy atom. The second-order valence-corrected chi connectivity index (χ2v) is 5.80. The van der Waals surface area contributed by atoms with Crippen LogP contribution in [-0.4, -0.2) is 11.5 Å². The fourth-order valence-electron chi connectivity index (χ4n) is 2.08. The molecule has 0 aromatic carbocycles. The van der Waals surface area contributed by atoms with Gasteiger partial charge in [0.15, 0.2) is 5.13 Å². The molecule has 0 aliphatic heterocycles. The van der Waals surface area contributed by atoms with Gasteiger partial charge in [0.05, 0.1) is 6.20 Å². The molecule has 14 heavy (non-hydrogen) atoms. The Hall–Kier alpha value is -0.280. The quantitative estimate of drug-likeness (QED) is 0.858. The van der Waals surface area contributed by atoms with Crippen LogP contribution in [0.5, 0.6) is 0 Å². The Labute approximate surface area is 93.7 Å². The number of nitrogens with one attached hydrogen (secondary N) is 1. The van der Waals surface area contributed by atoms with Gasteiger partial charge in [0.25, 0.3) is 0 Å². The highest BCUT2D eigenvalue weighted by Crippen LogP contribution is 2.31. The highest BCUT2D eigenvalue weighted by molar-refractivity contribution is 7.19. The Kier molecular flexibility index (Phi) is 3.29. The number of halogens is 1. The molecule has 1 fully saturated rings. The normalized spacial score (nSPS) is 26.7. The van der Waals surface area contributed by atoms with E-state index >= 15 is 0 Å². The minimum Gasteiger partial charge on any atom is -0.361 e. The molecule has 2 rings (SSSR count). The van der Waals surface area contributed by atoms with Crippen molar-refractivity contribution in [2.24, 2.45) is 11.8 Å². The van der Waals surface area contributed by atoms with Crippen LogP contribution in [0.1, 0.15) is 26.2 Å². The van der Waals surface area contributed by atoms with Gasteiger partial charge in [0.2, 0.25) is 0 Å². The van der Waals surface area contributed by atoms with Crippen LogP contribution in [0.4, 0.5) is 5.13 Å². The molecule has 0 spiro atoms. The third-order valence-electron chi connectivity index (χ3n) is 2.82. The minimum atomic E-state index is 0.757. The first kappa shape index (κ1) is 10.2. The smallest absolute Gasteiger partial charge is 0.184 e. The lowest BCUT2D eigenvalue weighted by Crippen LogP contribution is -2.11. The number of nitrogens with zero attached hydrogens (tertiary/aromatic N) is 1. The lowest BCUT2D eigenvalue weighted by Gasteiger charge is -2.09. The monoisotopic (exact) mass is 230 g/mol. The number of hydrogen-bond donors (Lipinski definition) is 1. The first-order valence-corrected chi connectivity index (χ1v) is 6.28. The molecular weight excluding hydrogens is 216 g/mol. The highest BCUT2D eigenvalue weighted by Gasteiger charge is 2.20. The van der Waals surface area contributed by atoms with Gasteiger partial charge >= 0.3 is 0 Å². The lowest BCUT2D eigenvalue weighted by molar-refractivity contribution is 0.537. The standard InChI is InChI=1S/C10H15ClN2S/c1-7-2-3-8(4-7)5-12-10-13-6-9(11)14-10/h6-8H,2-5H2,1H3,(H,12,13). The van der Waals surface area contributed by atoms with E-state index in [0.29, 0.717) is 0 Å². The van der Waals surface area contributed by atoms with Crippen molar-refractivity contribution in [2.45, 2.75) is 26.2 Å². The van der Waals surface area contributed by atoms with Gasteiger partial charge in [-0.2, -0.15) is 0 Å². The number of thiazole rings is 1. The molecule has 0 saturated heterocycles. The third kappa shape index (κ3) is 2.61. The lowest BCUT2D eigenvalue weighted by atomic mass is 10.1. The van der Waals surface area contributed by atoms with Gasteiger partial charge in [0.1, 0.15) is 4.34 Å². The summed E-state index contributed by atoms with van der Waals surface area (Å²) in [5.74, 6) is 1.73. The van der Waals surface area contributed by atoms with Gasteiger partial charge in [-0.1, -0.05) is 36.3 Å². The topological polar surface area (TPSA) is 24.9 Å². The van der Waals surface area contributed by atoms with E-state index in [1.807, 2.05) is 0 Å². The fourth-order valence-corrected chi connectivity index (χ4v) is 2.90. The van der Waals surface area contributed by atoms with Gasteiger partial charge < -0.3 is 5.32 Å². The first-order valence-electron chi connectivity index (χ1n) is 5.09. The van der Waals surface area contributed by atoms with Crippen molar-refractivity contribution in [3.8, 4) is 0 Å². The van der Waals surface area contributed by atoms with E-state index in [-0.39, 0.29) is 0 Å². The molecule has 1 saturated carbocycles. The van der Waals surface area contributed by atoms with Crippen LogP contribution in [-0.2, 0) is 0 Å². The zero-order valence-corrected chi connectivity index (χ0v) is 9.87. The predicted molar refractivity (Wildman–Crippen MR) is 62.1 cm³/mol. The molecule has 1 aliphatic rings. The molecule has 0 radical (unpaired) electrons. The largest absolute Gasteiger partial charge is 0.361 e. The summed E-state index contributed by atoms with van der Waals surface area (Å²) in [6, 6.07) is 0. The summed E-state index contributed by atoms with van der Waals surface area (Å²) in [4.78, 5) is 4.17. The average Bonchev–Trinajstić information content (AvgIpc) is 2.72. The number of anilines is 1. The van der Waals surface area contributed by atoms with Gasteiger partial charge in [-0.15, -0.1) is 0 Å². The van der Waals surface area contributed by atoms with Crippen molar-refractivity contribution in [1.29, 1.82) is 0 Å². The maximum Gasteiger partial charge on any atom is 0.184 e. The van der Waals surface area contributed by atoms with Crippen LogP contribution in [0.2, 0.25) is 4.34 Å². The first-order chi connectivity index (χ1) is 6.74. The summed E-state index contributed by atoms with van der Waals surface area (Å²) in [5.41, 5.74) is 0. The summed E-state index contributed by atoms with van der Waals surface area (Å²) in [6.45, 7) is 3.38. The highest BCUT2D eigenvalue weighted by atomic mass is 35.5. The Morgan fingerprint density at radius 1 is 1.64 bits per heavy atom.